The molecular weight excluding hydrogens is 500 g/mol. The highest BCUT2D eigenvalue weighted by atomic mass is 16.6. The molecule has 0 aromatic heterocycles. The second-order valence-corrected chi connectivity index (χ2v) is 12.1. The van der Waals surface area contributed by atoms with Gasteiger partial charge in [0.25, 0.3) is 0 Å². The van der Waals surface area contributed by atoms with Gasteiger partial charge in [-0.3, -0.25) is 0 Å². The van der Waals surface area contributed by atoms with Crippen molar-refractivity contribution in [2.75, 3.05) is 36.2 Å². The lowest BCUT2D eigenvalue weighted by Gasteiger charge is -2.55. The first-order chi connectivity index (χ1) is 19.4. The van der Waals surface area contributed by atoms with Crippen LogP contribution in [0.4, 0.5) is 11.4 Å². The number of aryl methyl sites for hydroxylation is 2. The van der Waals surface area contributed by atoms with Crippen molar-refractivity contribution in [1.82, 2.24) is 0 Å². The van der Waals surface area contributed by atoms with Gasteiger partial charge in [-0.2, -0.15) is 0 Å². The van der Waals surface area contributed by atoms with Gasteiger partial charge in [0.2, 0.25) is 0 Å². The molecule has 40 heavy (non-hydrogen) atoms. The summed E-state index contributed by atoms with van der Waals surface area (Å²) in [5.41, 5.74) is 5.51. The maximum Gasteiger partial charge on any atom is 0.119 e. The Balaban J connectivity index is 1.40. The molecule has 6 nitrogen and oxygen atoms in total. The number of epoxide rings is 2. The molecule has 0 amide bonds. The second-order valence-electron chi connectivity index (χ2n) is 12.1. The topological polar surface area (TPSA) is 50.0 Å². The highest BCUT2D eigenvalue weighted by molar-refractivity contribution is 5.64. The van der Waals surface area contributed by atoms with Crippen molar-refractivity contribution in [3.8, 4) is 11.5 Å². The Morgan fingerprint density at radius 1 is 0.650 bits per heavy atom. The van der Waals surface area contributed by atoms with Crippen molar-refractivity contribution >= 4 is 11.4 Å². The normalized spacial score (nSPS) is 27.6. The van der Waals surface area contributed by atoms with Crippen LogP contribution in [-0.2, 0) is 22.3 Å². The zero-order valence-corrected chi connectivity index (χ0v) is 25.5. The van der Waals surface area contributed by atoms with E-state index in [1.165, 1.54) is 48.2 Å². The summed E-state index contributed by atoms with van der Waals surface area (Å²) in [7, 11) is 0. The lowest BCUT2D eigenvalue weighted by molar-refractivity contribution is 0.262. The lowest BCUT2D eigenvalue weighted by Crippen LogP contribution is -2.66. The fourth-order valence-corrected chi connectivity index (χ4v) is 6.20. The Morgan fingerprint density at radius 2 is 1.02 bits per heavy atom. The Kier molecular flexibility index (Phi) is 9.47. The third-order valence-electron chi connectivity index (χ3n) is 9.09. The van der Waals surface area contributed by atoms with E-state index in [1.807, 2.05) is 0 Å². The summed E-state index contributed by atoms with van der Waals surface area (Å²) >= 11 is 0. The first-order valence-electron chi connectivity index (χ1n) is 15.7. The summed E-state index contributed by atoms with van der Waals surface area (Å²) < 4.78 is 22.9. The summed E-state index contributed by atoms with van der Waals surface area (Å²) in [4.78, 5) is 5.37. The van der Waals surface area contributed by atoms with Gasteiger partial charge in [0.15, 0.2) is 0 Å². The average molecular weight is 551 g/mol. The molecule has 3 saturated heterocycles. The minimum Gasteiger partial charge on any atom is -0.491 e. The van der Waals surface area contributed by atoms with Crippen molar-refractivity contribution in [1.29, 1.82) is 0 Å². The van der Waals surface area contributed by atoms with E-state index >= 15 is 0 Å². The van der Waals surface area contributed by atoms with Crippen LogP contribution < -0.4 is 19.3 Å². The molecule has 6 heteroatoms. The molecule has 0 saturated carbocycles. The van der Waals surface area contributed by atoms with Gasteiger partial charge in [0, 0.05) is 35.5 Å². The van der Waals surface area contributed by atoms with Crippen LogP contribution in [0.25, 0.3) is 0 Å². The van der Waals surface area contributed by atoms with Gasteiger partial charge in [0.05, 0.1) is 13.2 Å². The number of hydrogen-bond acceptors (Lipinski definition) is 6. The van der Waals surface area contributed by atoms with Crippen LogP contribution in [0.15, 0.2) is 36.4 Å². The van der Waals surface area contributed by atoms with Crippen LogP contribution in [0.5, 0.6) is 11.5 Å². The Hall–Kier alpha value is -2.44. The molecule has 6 unspecified atom stereocenters. The molecule has 3 aliphatic heterocycles. The van der Waals surface area contributed by atoms with E-state index in [9.17, 15) is 0 Å². The average Bonchev–Trinajstić information content (AvgIpc) is 3.89. The second kappa shape index (κ2) is 13.0. The lowest BCUT2D eigenvalue weighted by atomic mass is 9.90. The van der Waals surface area contributed by atoms with Crippen LogP contribution in [0, 0.1) is 0 Å². The number of hydrogen-bond donors (Lipinski definition) is 0. The van der Waals surface area contributed by atoms with Crippen LogP contribution in [-0.4, -0.2) is 62.8 Å². The number of nitrogens with zero attached hydrogens (tertiary/aromatic N) is 2. The third-order valence-corrected chi connectivity index (χ3v) is 9.09. The third kappa shape index (κ3) is 6.71. The largest absolute Gasteiger partial charge is 0.491 e. The molecule has 2 aromatic rings. The summed E-state index contributed by atoms with van der Waals surface area (Å²) in [5, 5.41) is 0. The fraction of sp³-hybridized carbons (Fsp3) is 0.647. The molecule has 3 heterocycles. The summed E-state index contributed by atoms with van der Waals surface area (Å²) in [6.45, 7) is 17.1. The molecule has 3 fully saturated rings. The van der Waals surface area contributed by atoms with Crippen molar-refractivity contribution in [2.24, 2.45) is 0 Å². The van der Waals surface area contributed by atoms with Gasteiger partial charge >= 0.3 is 0 Å². The minimum atomic E-state index is 0.267. The zero-order chi connectivity index (χ0) is 28.2. The Bertz CT molecular complexity index is 1010. The summed E-state index contributed by atoms with van der Waals surface area (Å²) in [5.74, 6) is 1.92. The molecule has 3 aliphatic rings. The van der Waals surface area contributed by atoms with Crippen LogP contribution in [0.3, 0.4) is 0 Å². The van der Waals surface area contributed by atoms with Gasteiger partial charge in [-0.15, -0.1) is 0 Å². The van der Waals surface area contributed by atoms with Gasteiger partial charge in [-0.1, -0.05) is 26.7 Å². The molecule has 2 aromatic carbocycles. The van der Waals surface area contributed by atoms with E-state index in [-0.39, 0.29) is 12.2 Å². The van der Waals surface area contributed by atoms with E-state index in [2.05, 4.69) is 87.7 Å². The van der Waals surface area contributed by atoms with Crippen molar-refractivity contribution in [3.05, 3.63) is 47.5 Å². The summed E-state index contributed by atoms with van der Waals surface area (Å²) in [6.07, 6.45) is 7.39. The number of rotatable bonds is 14. The van der Waals surface area contributed by atoms with E-state index < -0.39 is 0 Å². The van der Waals surface area contributed by atoms with Crippen molar-refractivity contribution in [3.63, 3.8) is 0 Å². The van der Waals surface area contributed by atoms with Crippen LogP contribution in [0.1, 0.15) is 78.4 Å². The van der Waals surface area contributed by atoms with Gasteiger partial charge in [-0.05, 0) is 101 Å². The number of piperazine rings is 1. The molecule has 220 valence electrons. The monoisotopic (exact) mass is 550 g/mol. The van der Waals surface area contributed by atoms with Crippen LogP contribution in [0.2, 0.25) is 0 Å². The number of unbranched alkanes of at least 4 members (excludes halogenated alkanes) is 2. The SMILES string of the molecule is CCCCc1cc(OCC2CO2)ccc1N1C(C)C(C)N(c2ccc(OCC3CO3)cc2CCCC)C(C)C1C. The number of benzene rings is 2. The van der Waals surface area contributed by atoms with Gasteiger partial charge in [0.1, 0.15) is 36.9 Å². The van der Waals surface area contributed by atoms with Crippen molar-refractivity contribution in [2.45, 2.75) is 116 Å². The van der Waals surface area contributed by atoms with E-state index in [4.69, 9.17) is 18.9 Å². The first kappa shape index (κ1) is 29.1. The molecule has 0 radical (unpaired) electrons. The molecule has 0 bridgehead atoms. The Morgan fingerprint density at radius 3 is 1.35 bits per heavy atom. The maximum atomic E-state index is 6.08. The molecule has 0 N–H and O–H groups in total. The maximum absolute atomic E-state index is 6.08. The fourth-order valence-electron chi connectivity index (χ4n) is 6.20. The van der Waals surface area contributed by atoms with E-state index in [0.29, 0.717) is 37.4 Å². The molecule has 6 atom stereocenters. The Labute approximate surface area is 241 Å². The predicted octanol–water partition coefficient (Wildman–Crippen LogP) is 6.81. The highest BCUT2D eigenvalue weighted by Gasteiger charge is 2.41. The molecule has 5 rings (SSSR count). The predicted molar refractivity (Wildman–Crippen MR) is 163 cm³/mol. The van der Waals surface area contributed by atoms with Crippen LogP contribution >= 0.6 is 0 Å². The van der Waals surface area contributed by atoms with Crippen molar-refractivity contribution < 1.29 is 18.9 Å². The van der Waals surface area contributed by atoms with E-state index in [0.717, 1.165) is 37.6 Å². The standard InChI is InChI=1S/C34H50N2O4/c1-7-9-11-27-17-29(37-19-31-21-39-31)13-15-33(27)35-23(3)25(5)36(26(6)24(35)4)34-16-14-30(38-20-32-22-40-32)18-28(34)12-10-8-2/h13-18,23-26,31-32H,7-12,19-22H2,1-6H3. The van der Waals surface area contributed by atoms with Gasteiger partial charge in [-0.25, -0.2) is 0 Å². The smallest absolute Gasteiger partial charge is 0.119 e. The molecular formula is C34H50N2O4. The zero-order valence-electron chi connectivity index (χ0n) is 25.5. The van der Waals surface area contributed by atoms with E-state index in [1.54, 1.807) is 0 Å². The number of anilines is 2. The molecule has 0 aliphatic carbocycles. The minimum absolute atomic E-state index is 0.267. The quantitative estimate of drug-likeness (QED) is 0.241. The highest BCUT2D eigenvalue weighted by Crippen LogP contribution is 2.40. The molecule has 0 spiro atoms. The number of ether oxygens (including phenoxy) is 4. The van der Waals surface area contributed by atoms with Gasteiger partial charge < -0.3 is 28.7 Å². The first-order valence-corrected chi connectivity index (χ1v) is 15.7. The summed E-state index contributed by atoms with van der Waals surface area (Å²) in [6, 6.07) is 14.9.